The van der Waals surface area contributed by atoms with Crippen molar-refractivity contribution in [3.63, 3.8) is 0 Å². The van der Waals surface area contributed by atoms with Crippen LogP contribution in [0.15, 0.2) is 48.1 Å². The summed E-state index contributed by atoms with van der Waals surface area (Å²) in [4.78, 5) is 9.04. The molecule has 4 aromatic rings. The van der Waals surface area contributed by atoms with E-state index in [-0.39, 0.29) is 7.92 Å². The van der Waals surface area contributed by atoms with E-state index in [1.165, 1.54) is 16.4 Å². The molecule has 1 fully saturated rings. The molecule has 28 heavy (non-hydrogen) atoms. The summed E-state index contributed by atoms with van der Waals surface area (Å²) in [5.41, 5.74) is 5.98. The SMILES string of the molecule is CP(C)c1cc2c(Nc3ccc4scnc4c3)ccnc2cc1OC1CCC1. The fourth-order valence-corrected chi connectivity index (χ4v) is 5.08. The first-order valence-electron chi connectivity index (χ1n) is 9.54. The average Bonchev–Trinajstić information content (AvgIpc) is 3.12. The van der Waals surface area contributed by atoms with Crippen LogP contribution in [0.1, 0.15) is 19.3 Å². The summed E-state index contributed by atoms with van der Waals surface area (Å²) in [6.45, 7) is 4.56. The summed E-state index contributed by atoms with van der Waals surface area (Å²) >= 11 is 1.66. The zero-order chi connectivity index (χ0) is 19.1. The van der Waals surface area contributed by atoms with E-state index in [9.17, 15) is 0 Å². The number of hydrogen-bond donors (Lipinski definition) is 1. The number of rotatable bonds is 5. The number of ether oxygens (including phenoxy) is 1. The Labute approximate surface area is 169 Å². The number of benzene rings is 2. The van der Waals surface area contributed by atoms with Crippen LogP contribution >= 0.6 is 19.3 Å². The lowest BCUT2D eigenvalue weighted by molar-refractivity contribution is 0.122. The Bertz CT molecular complexity index is 1150. The van der Waals surface area contributed by atoms with Gasteiger partial charge in [-0.3, -0.25) is 4.98 Å². The minimum Gasteiger partial charge on any atom is -0.490 e. The van der Waals surface area contributed by atoms with Crippen molar-refractivity contribution in [3.05, 3.63) is 48.1 Å². The van der Waals surface area contributed by atoms with Crippen molar-refractivity contribution in [3.8, 4) is 5.75 Å². The Kier molecular flexibility index (Phi) is 4.65. The standard InChI is InChI=1S/C22H22N3OPS/c1-27(2)21-11-16-17(25-14-6-7-22-19(10-14)24-13-28-22)8-9-23-18(16)12-20(21)26-15-4-3-5-15/h6-13,15H,3-5H2,1-2H3,(H,23,25). The normalized spacial score (nSPS) is 14.5. The molecule has 1 aliphatic carbocycles. The smallest absolute Gasteiger partial charge is 0.129 e. The zero-order valence-corrected chi connectivity index (χ0v) is 17.7. The van der Waals surface area contributed by atoms with Gasteiger partial charge in [0.25, 0.3) is 0 Å². The first-order valence-corrected chi connectivity index (χ1v) is 12.7. The second-order valence-electron chi connectivity index (χ2n) is 7.42. The van der Waals surface area contributed by atoms with Crippen LogP contribution < -0.4 is 15.4 Å². The third-order valence-corrected chi connectivity index (χ3v) is 7.38. The molecule has 1 aliphatic rings. The van der Waals surface area contributed by atoms with Crippen molar-refractivity contribution in [2.75, 3.05) is 18.6 Å². The number of anilines is 2. The highest BCUT2D eigenvalue weighted by Crippen LogP contribution is 2.37. The molecule has 2 aromatic carbocycles. The maximum absolute atomic E-state index is 6.30. The van der Waals surface area contributed by atoms with Gasteiger partial charge in [0, 0.05) is 34.3 Å². The van der Waals surface area contributed by atoms with Crippen LogP contribution in [-0.2, 0) is 0 Å². The number of thiazole rings is 1. The van der Waals surface area contributed by atoms with E-state index in [1.807, 2.05) is 17.8 Å². The van der Waals surface area contributed by atoms with Crippen LogP contribution in [0.2, 0.25) is 0 Å². The minimum absolute atomic E-state index is 0.279. The second kappa shape index (κ2) is 7.31. The second-order valence-corrected chi connectivity index (χ2v) is 10.6. The van der Waals surface area contributed by atoms with E-state index >= 15 is 0 Å². The van der Waals surface area contributed by atoms with Gasteiger partial charge in [-0.2, -0.15) is 0 Å². The molecule has 0 amide bonds. The molecule has 0 aliphatic heterocycles. The summed E-state index contributed by atoms with van der Waals surface area (Å²) in [6, 6.07) is 12.8. The van der Waals surface area contributed by atoms with Gasteiger partial charge in [0.2, 0.25) is 0 Å². The first-order chi connectivity index (χ1) is 13.7. The van der Waals surface area contributed by atoms with Crippen molar-refractivity contribution < 1.29 is 4.74 Å². The molecular formula is C22H22N3OPS. The first kappa shape index (κ1) is 17.8. The number of fused-ring (bicyclic) bond motifs is 2. The van der Waals surface area contributed by atoms with E-state index in [4.69, 9.17) is 4.74 Å². The van der Waals surface area contributed by atoms with Gasteiger partial charge in [0.05, 0.1) is 27.3 Å². The highest BCUT2D eigenvalue weighted by Gasteiger charge is 2.22. The number of nitrogens with one attached hydrogen (secondary N) is 1. The quantitative estimate of drug-likeness (QED) is 0.419. The minimum atomic E-state index is -0.279. The molecule has 0 saturated heterocycles. The van der Waals surface area contributed by atoms with Gasteiger partial charge >= 0.3 is 0 Å². The molecule has 0 unspecified atom stereocenters. The molecule has 5 rings (SSSR count). The van der Waals surface area contributed by atoms with Crippen molar-refractivity contribution in [2.45, 2.75) is 25.4 Å². The number of hydrogen-bond acceptors (Lipinski definition) is 5. The number of aromatic nitrogens is 2. The van der Waals surface area contributed by atoms with Gasteiger partial charge in [-0.15, -0.1) is 11.3 Å². The molecule has 1 N–H and O–H groups in total. The monoisotopic (exact) mass is 407 g/mol. The molecule has 0 radical (unpaired) electrons. The van der Waals surface area contributed by atoms with Crippen molar-refractivity contribution >= 4 is 57.1 Å². The highest BCUT2D eigenvalue weighted by atomic mass is 32.1. The van der Waals surface area contributed by atoms with Crippen molar-refractivity contribution in [1.82, 2.24) is 9.97 Å². The number of pyridine rings is 1. The highest BCUT2D eigenvalue weighted by molar-refractivity contribution is 7.64. The van der Waals surface area contributed by atoms with Crippen LogP contribution in [0.25, 0.3) is 21.1 Å². The molecule has 1 saturated carbocycles. The van der Waals surface area contributed by atoms with Crippen LogP contribution in [0.5, 0.6) is 5.75 Å². The maximum atomic E-state index is 6.30. The van der Waals surface area contributed by atoms with Gasteiger partial charge in [-0.05, 0) is 62.9 Å². The summed E-state index contributed by atoms with van der Waals surface area (Å²) in [7, 11) is -0.279. The van der Waals surface area contributed by atoms with Gasteiger partial charge < -0.3 is 10.1 Å². The fourth-order valence-electron chi connectivity index (χ4n) is 3.47. The van der Waals surface area contributed by atoms with Gasteiger partial charge in [0.15, 0.2) is 0 Å². The summed E-state index contributed by atoms with van der Waals surface area (Å²) in [5, 5.41) is 6.01. The van der Waals surface area contributed by atoms with Gasteiger partial charge in [-0.25, -0.2) is 4.98 Å². The lowest BCUT2D eigenvalue weighted by Crippen LogP contribution is -2.26. The molecule has 0 bridgehead atoms. The third kappa shape index (κ3) is 3.34. The Hall–Kier alpha value is -2.23. The molecular weight excluding hydrogens is 385 g/mol. The van der Waals surface area contributed by atoms with Gasteiger partial charge in [0.1, 0.15) is 5.75 Å². The van der Waals surface area contributed by atoms with E-state index in [0.29, 0.717) is 6.10 Å². The molecule has 0 atom stereocenters. The molecule has 0 spiro atoms. The summed E-state index contributed by atoms with van der Waals surface area (Å²) in [5.74, 6) is 1.02. The van der Waals surface area contributed by atoms with Crippen molar-refractivity contribution in [1.29, 1.82) is 0 Å². The van der Waals surface area contributed by atoms with Crippen molar-refractivity contribution in [2.24, 2.45) is 0 Å². The molecule has 4 nitrogen and oxygen atoms in total. The molecule has 142 valence electrons. The average molecular weight is 407 g/mol. The Morgan fingerprint density at radius 1 is 1.07 bits per heavy atom. The third-order valence-electron chi connectivity index (χ3n) is 5.26. The summed E-state index contributed by atoms with van der Waals surface area (Å²) in [6.07, 6.45) is 5.83. The van der Waals surface area contributed by atoms with E-state index in [1.54, 1.807) is 11.3 Å². The Morgan fingerprint density at radius 3 is 2.75 bits per heavy atom. The molecule has 2 heterocycles. The van der Waals surface area contributed by atoms with E-state index in [2.05, 4.69) is 58.9 Å². The lowest BCUT2D eigenvalue weighted by atomic mass is 9.96. The maximum Gasteiger partial charge on any atom is 0.129 e. The predicted molar refractivity (Wildman–Crippen MR) is 121 cm³/mol. The fraction of sp³-hybridized carbons (Fsp3) is 0.273. The lowest BCUT2D eigenvalue weighted by Gasteiger charge is -2.28. The molecule has 2 aromatic heterocycles. The van der Waals surface area contributed by atoms with Gasteiger partial charge in [-0.1, -0.05) is 7.92 Å². The molecule has 6 heteroatoms. The topological polar surface area (TPSA) is 47.0 Å². The van der Waals surface area contributed by atoms with E-state index in [0.717, 1.165) is 46.4 Å². The Morgan fingerprint density at radius 2 is 1.96 bits per heavy atom. The van der Waals surface area contributed by atoms with Crippen LogP contribution in [0.4, 0.5) is 11.4 Å². The predicted octanol–water partition coefficient (Wildman–Crippen LogP) is 5.89. The Balaban J connectivity index is 1.55. The van der Waals surface area contributed by atoms with Crippen LogP contribution in [0, 0.1) is 0 Å². The summed E-state index contributed by atoms with van der Waals surface area (Å²) < 4.78 is 7.50. The van der Waals surface area contributed by atoms with Crippen LogP contribution in [-0.4, -0.2) is 29.4 Å². The largest absolute Gasteiger partial charge is 0.490 e. The zero-order valence-electron chi connectivity index (χ0n) is 16.0. The number of nitrogens with zero attached hydrogens (tertiary/aromatic N) is 2. The van der Waals surface area contributed by atoms with E-state index < -0.39 is 0 Å². The van der Waals surface area contributed by atoms with Crippen LogP contribution in [0.3, 0.4) is 0 Å².